The maximum absolute atomic E-state index is 11.5. The number of carbonyl (C=O) groups is 1. The molecular weight excluding hydrogens is 204 g/mol. The van der Waals surface area contributed by atoms with Crippen LogP contribution >= 0.6 is 0 Å². The maximum Gasteiger partial charge on any atom is 0.312 e. The molecule has 0 aliphatic carbocycles. The molecule has 0 saturated heterocycles. The van der Waals surface area contributed by atoms with Crippen LogP contribution in [0.15, 0.2) is 4.99 Å². The van der Waals surface area contributed by atoms with Crippen molar-refractivity contribution >= 4 is 11.7 Å². The van der Waals surface area contributed by atoms with E-state index >= 15 is 0 Å². The number of esters is 1. The predicted molar refractivity (Wildman–Crippen MR) is 67.0 cm³/mol. The summed E-state index contributed by atoms with van der Waals surface area (Å²) < 4.78 is 5.21. The lowest BCUT2D eigenvalue weighted by atomic mass is 10.2. The summed E-state index contributed by atoms with van der Waals surface area (Å²) in [6.45, 7) is 9.07. The number of nitrogens with zero attached hydrogens (tertiary/aromatic N) is 2. The first-order chi connectivity index (χ1) is 7.20. The molecule has 0 aromatic carbocycles. The molecule has 0 aromatic rings. The molecule has 0 heterocycles. The topological polar surface area (TPSA) is 41.9 Å². The molecule has 0 atom stereocenters. The van der Waals surface area contributed by atoms with Crippen molar-refractivity contribution in [3.8, 4) is 0 Å². The Labute approximate surface area is 98.7 Å². The Balaban J connectivity index is 3.95. The minimum atomic E-state index is -0.416. The van der Waals surface area contributed by atoms with Crippen molar-refractivity contribution < 1.29 is 9.53 Å². The summed E-state index contributed by atoms with van der Waals surface area (Å²) in [4.78, 5) is 17.8. The molecule has 0 fully saturated rings. The van der Waals surface area contributed by atoms with Gasteiger partial charge in [0.05, 0.1) is 13.0 Å². The van der Waals surface area contributed by atoms with Gasteiger partial charge in [-0.1, -0.05) is 0 Å². The molecule has 0 bridgehead atoms. The van der Waals surface area contributed by atoms with E-state index in [9.17, 15) is 4.79 Å². The lowest BCUT2D eigenvalue weighted by Crippen LogP contribution is -2.25. The van der Waals surface area contributed by atoms with Crippen LogP contribution in [-0.4, -0.2) is 49.4 Å². The summed E-state index contributed by atoms with van der Waals surface area (Å²) in [5, 5.41) is 0. The third kappa shape index (κ3) is 9.65. The second kappa shape index (κ2) is 6.63. The van der Waals surface area contributed by atoms with Crippen LogP contribution in [0.5, 0.6) is 0 Å². The second-order valence-corrected chi connectivity index (χ2v) is 5.18. The van der Waals surface area contributed by atoms with E-state index in [1.54, 1.807) is 0 Å². The van der Waals surface area contributed by atoms with Gasteiger partial charge in [0, 0.05) is 12.3 Å². The Morgan fingerprint density at radius 2 is 1.88 bits per heavy atom. The molecule has 0 unspecified atom stereocenters. The number of ether oxygens (including phenoxy) is 1. The Kier molecular flexibility index (Phi) is 6.26. The van der Waals surface area contributed by atoms with Gasteiger partial charge < -0.3 is 9.64 Å². The first-order valence-corrected chi connectivity index (χ1v) is 5.57. The Morgan fingerprint density at radius 1 is 1.31 bits per heavy atom. The van der Waals surface area contributed by atoms with Crippen LogP contribution in [0.25, 0.3) is 0 Å². The lowest BCUT2D eigenvalue weighted by molar-refractivity contribution is -0.153. The van der Waals surface area contributed by atoms with Crippen LogP contribution in [0.3, 0.4) is 0 Å². The summed E-state index contributed by atoms with van der Waals surface area (Å²) in [7, 11) is 4.00. The highest BCUT2D eigenvalue weighted by Crippen LogP contribution is 2.08. The fourth-order valence-corrected chi connectivity index (χ4v) is 1.08. The van der Waals surface area contributed by atoms with E-state index in [4.69, 9.17) is 4.74 Å². The second-order valence-electron chi connectivity index (χ2n) is 5.18. The van der Waals surface area contributed by atoms with Crippen molar-refractivity contribution in [2.75, 3.05) is 27.2 Å². The highest BCUT2D eigenvalue weighted by molar-refractivity contribution is 5.97. The molecule has 0 radical (unpaired) electrons. The minimum Gasteiger partial charge on any atom is -0.460 e. The Hall–Kier alpha value is -0.900. The highest BCUT2D eigenvalue weighted by Gasteiger charge is 2.16. The third-order valence-electron chi connectivity index (χ3n) is 1.75. The summed E-state index contributed by atoms with van der Waals surface area (Å²) >= 11 is 0. The summed E-state index contributed by atoms with van der Waals surface area (Å²) in [5.74, 6) is -0.210. The van der Waals surface area contributed by atoms with Crippen LogP contribution < -0.4 is 0 Å². The molecule has 0 N–H and O–H groups in total. The van der Waals surface area contributed by atoms with Crippen molar-refractivity contribution in [3.63, 3.8) is 0 Å². The third-order valence-corrected chi connectivity index (χ3v) is 1.75. The van der Waals surface area contributed by atoms with Gasteiger partial charge in [0.25, 0.3) is 0 Å². The standard InChI is InChI=1S/C12H24N2O2/c1-10(13-7-8-14(5)6)9-11(15)16-12(2,3)4/h7-9H2,1-6H3. The van der Waals surface area contributed by atoms with Crippen LogP contribution in [0.2, 0.25) is 0 Å². The number of likely N-dealkylation sites (N-methyl/N-ethyl adjacent to an activating group) is 1. The van der Waals surface area contributed by atoms with Crippen LogP contribution in [-0.2, 0) is 9.53 Å². The fourth-order valence-electron chi connectivity index (χ4n) is 1.08. The number of rotatable bonds is 5. The number of carbonyl (C=O) groups excluding carboxylic acids is 1. The zero-order valence-corrected chi connectivity index (χ0v) is 11.3. The van der Waals surface area contributed by atoms with E-state index in [0.29, 0.717) is 0 Å². The molecular formula is C12H24N2O2. The van der Waals surface area contributed by atoms with Crippen molar-refractivity contribution in [1.29, 1.82) is 0 Å². The molecule has 94 valence electrons. The zero-order valence-electron chi connectivity index (χ0n) is 11.3. The van der Waals surface area contributed by atoms with E-state index in [2.05, 4.69) is 9.89 Å². The average molecular weight is 228 g/mol. The van der Waals surface area contributed by atoms with Gasteiger partial charge in [-0.3, -0.25) is 9.79 Å². The molecule has 0 amide bonds. The largest absolute Gasteiger partial charge is 0.460 e. The van der Waals surface area contributed by atoms with Gasteiger partial charge >= 0.3 is 5.97 Å². The molecule has 0 spiro atoms. The monoisotopic (exact) mass is 228 g/mol. The molecule has 0 aromatic heterocycles. The van der Waals surface area contributed by atoms with Gasteiger partial charge in [-0.25, -0.2) is 0 Å². The lowest BCUT2D eigenvalue weighted by Gasteiger charge is -2.19. The van der Waals surface area contributed by atoms with Crippen LogP contribution in [0.4, 0.5) is 0 Å². The zero-order chi connectivity index (χ0) is 12.8. The normalized spacial score (nSPS) is 13.1. The first-order valence-electron chi connectivity index (χ1n) is 5.57. The molecule has 0 aliphatic rings. The van der Waals surface area contributed by atoms with E-state index in [-0.39, 0.29) is 12.4 Å². The first kappa shape index (κ1) is 15.1. The Bertz CT molecular complexity index is 252. The molecule has 4 heteroatoms. The molecule has 16 heavy (non-hydrogen) atoms. The number of hydrogen-bond acceptors (Lipinski definition) is 4. The quantitative estimate of drug-likeness (QED) is 0.531. The number of aliphatic imine (C=N–C) groups is 1. The molecule has 4 nitrogen and oxygen atoms in total. The Morgan fingerprint density at radius 3 is 2.31 bits per heavy atom. The average Bonchev–Trinajstić information content (AvgIpc) is 1.98. The molecule has 0 aliphatic heterocycles. The molecule has 0 rings (SSSR count). The minimum absolute atomic E-state index is 0.210. The highest BCUT2D eigenvalue weighted by atomic mass is 16.6. The van der Waals surface area contributed by atoms with Gasteiger partial charge in [0.15, 0.2) is 0 Å². The van der Waals surface area contributed by atoms with E-state index in [1.807, 2.05) is 41.8 Å². The summed E-state index contributed by atoms with van der Waals surface area (Å²) in [6, 6.07) is 0. The van der Waals surface area contributed by atoms with Gasteiger partial charge in [-0.2, -0.15) is 0 Å². The van der Waals surface area contributed by atoms with Gasteiger partial charge in [-0.15, -0.1) is 0 Å². The number of hydrogen-bond donors (Lipinski definition) is 0. The SMILES string of the molecule is CC(CC(=O)OC(C)(C)C)=NCCN(C)C. The van der Waals surface area contributed by atoms with Gasteiger partial charge in [0.2, 0.25) is 0 Å². The van der Waals surface area contributed by atoms with Crippen molar-refractivity contribution in [3.05, 3.63) is 0 Å². The van der Waals surface area contributed by atoms with Crippen LogP contribution in [0.1, 0.15) is 34.1 Å². The summed E-state index contributed by atoms with van der Waals surface area (Å²) in [6.07, 6.45) is 0.282. The predicted octanol–water partition coefficient (Wildman–Crippen LogP) is 1.74. The van der Waals surface area contributed by atoms with E-state index < -0.39 is 5.60 Å². The van der Waals surface area contributed by atoms with E-state index in [1.165, 1.54) is 0 Å². The summed E-state index contributed by atoms with van der Waals surface area (Å²) in [5.41, 5.74) is 0.414. The van der Waals surface area contributed by atoms with Crippen molar-refractivity contribution in [1.82, 2.24) is 4.90 Å². The van der Waals surface area contributed by atoms with Gasteiger partial charge in [-0.05, 0) is 41.8 Å². The maximum atomic E-state index is 11.5. The fraction of sp³-hybridized carbons (Fsp3) is 0.833. The van der Waals surface area contributed by atoms with E-state index in [0.717, 1.165) is 18.8 Å². The smallest absolute Gasteiger partial charge is 0.312 e. The van der Waals surface area contributed by atoms with Crippen LogP contribution in [0, 0.1) is 0 Å². The van der Waals surface area contributed by atoms with Gasteiger partial charge in [0.1, 0.15) is 5.60 Å². The van der Waals surface area contributed by atoms with Crippen molar-refractivity contribution in [2.24, 2.45) is 4.99 Å². The molecule has 0 saturated carbocycles. The van der Waals surface area contributed by atoms with Crippen molar-refractivity contribution in [2.45, 2.75) is 39.7 Å².